The highest BCUT2D eigenvalue weighted by Gasteiger charge is 2.47. The summed E-state index contributed by atoms with van der Waals surface area (Å²) in [5.41, 5.74) is -0.980. The maximum Gasteiger partial charge on any atom is 0.408 e. The lowest BCUT2D eigenvalue weighted by molar-refractivity contribution is -0.152. The number of rotatable bonds is 0. The molecule has 9 nitrogen and oxygen atoms in total. The normalized spacial score (nSPS) is 27.9. The van der Waals surface area contributed by atoms with Gasteiger partial charge in [0.05, 0.1) is 32.3 Å². The Morgan fingerprint density at radius 1 is 1.19 bits per heavy atom. The molecule has 0 amide bonds. The van der Waals surface area contributed by atoms with Crippen LogP contribution >= 0.6 is 0 Å². The Bertz CT molecular complexity index is 998. The van der Waals surface area contributed by atoms with E-state index >= 15 is 0 Å². The van der Waals surface area contributed by atoms with Crippen LogP contribution in [-0.2, 0) is 11.3 Å². The van der Waals surface area contributed by atoms with Crippen molar-refractivity contribution in [2.45, 2.75) is 52.0 Å². The summed E-state index contributed by atoms with van der Waals surface area (Å²) in [6.07, 6.45) is -4.90. The molecule has 1 saturated heterocycles. The number of aromatic nitrogens is 2. The molecule has 0 saturated carbocycles. The molecular formula is C20H27F3N6O3. The highest BCUT2D eigenvalue weighted by Crippen LogP contribution is 2.34. The fourth-order valence-electron chi connectivity index (χ4n) is 4.18. The molecule has 0 aliphatic carbocycles. The molecule has 176 valence electrons. The number of hydrogen-bond donors (Lipinski definition) is 1. The second-order valence-electron chi connectivity index (χ2n) is 9.24. The van der Waals surface area contributed by atoms with Crippen LogP contribution in [0.1, 0.15) is 27.2 Å². The van der Waals surface area contributed by atoms with Crippen molar-refractivity contribution >= 4 is 23.5 Å². The van der Waals surface area contributed by atoms with Crippen LogP contribution in [0.2, 0.25) is 0 Å². The van der Waals surface area contributed by atoms with Crippen LogP contribution in [0.5, 0.6) is 0 Å². The minimum absolute atomic E-state index is 0.110. The quantitative estimate of drug-likeness (QED) is 0.642. The van der Waals surface area contributed by atoms with Gasteiger partial charge in [0.2, 0.25) is 11.8 Å². The molecule has 2 bridgehead atoms. The SMILES string of the molecule is CC(C)(C)C1=N\C[C@@H]2COCCN2c2cc(=O)n3c(n2)N(C\C(O)=N\1)[C@H](C(F)(F)F)CC3. The number of aliphatic hydroxyl groups is 1. The number of aliphatic imine (C=N–C) groups is 2. The molecule has 4 rings (SSSR count). The predicted molar refractivity (Wildman–Crippen MR) is 114 cm³/mol. The van der Waals surface area contributed by atoms with Crippen LogP contribution in [0.4, 0.5) is 24.9 Å². The second kappa shape index (κ2) is 8.05. The minimum atomic E-state index is -4.57. The van der Waals surface area contributed by atoms with Crippen molar-refractivity contribution in [3.63, 3.8) is 0 Å². The lowest BCUT2D eigenvalue weighted by atomic mass is 9.95. The van der Waals surface area contributed by atoms with Crippen LogP contribution in [0.25, 0.3) is 0 Å². The summed E-state index contributed by atoms with van der Waals surface area (Å²) in [7, 11) is 0. The summed E-state index contributed by atoms with van der Waals surface area (Å²) >= 11 is 0. The number of halogens is 3. The molecule has 12 heteroatoms. The Balaban J connectivity index is 1.91. The van der Waals surface area contributed by atoms with E-state index in [2.05, 4.69) is 15.0 Å². The maximum absolute atomic E-state index is 13.9. The topological polar surface area (TPSA) is 95.5 Å². The second-order valence-corrected chi connectivity index (χ2v) is 9.24. The third kappa shape index (κ3) is 4.32. The Kier molecular flexibility index (Phi) is 5.68. The average molecular weight is 456 g/mol. The summed E-state index contributed by atoms with van der Waals surface area (Å²) < 4.78 is 48.5. The van der Waals surface area contributed by atoms with Gasteiger partial charge < -0.3 is 19.6 Å². The van der Waals surface area contributed by atoms with Gasteiger partial charge >= 0.3 is 6.18 Å². The molecule has 1 fully saturated rings. The summed E-state index contributed by atoms with van der Waals surface area (Å²) in [6.45, 7) is 6.38. The van der Waals surface area contributed by atoms with Gasteiger partial charge in [-0.05, 0) is 6.42 Å². The van der Waals surface area contributed by atoms with E-state index in [1.807, 2.05) is 25.7 Å². The smallest absolute Gasteiger partial charge is 0.408 e. The summed E-state index contributed by atoms with van der Waals surface area (Å²) in [4.78, 5) is 28.8. The molecule has 0 unspecified atom stereocenters. The van der Waals surface area contributed by atoms with Crippen LogP contribution in [0, 0.1) is 5.41 Å². The van der Waals surface area contributed by atoms with Crippen molar-refractivity contribution in [2.75, 3.05) is 42.6 Å². The van der Waals surface area contributed by atoms with E-state index < -0.39 is 35.6 Å². The number of ether oxygens (including phenoxy) is 1. The average Bonchev–Trinajstić information content (AvgIpc) is 2.69. The highest BCUT2D eigenvalue weighted by atomic mass is 19.4. The fourth-order valence-corrected chi connectivity index (χ4v) is 4.18. The van der Waals surface area contributed by atoms with E-state index in [1.165, 1.54) is 10.6 Å². The predicted octanol–water partition coefficient (Wildman–Crippen LogP) is 2.00. The summed E-state index contributed by atoms with van der Waals surface area (Å²) in [6, 6.07) is -0.828. The number of nitrogens with zero attached hydrogens (tertiary/aromatic N) is 6. The zero-order valence-electron chi connectivity index (χ0n) is 18.3. The number of morpholine rings is 1. The molecule has 0 radical (unpaired) electrons. The van der Waals surface area contributed by atoms with E-state index in [0.29, 0.717) is 25.6 Å². The van der Waals surface area contributed by atoms with Gasteiger partial charge in [-0.3, -0.25) is 14.4 Å². The number of fused-ring (bicyclic) bond motifs is 3. The van der Waals surface area contributed by atoms with Crippen molar-refractivity contribution in [1.29, 1.82) is 0 Å². The standard InChI is InChI=1S/C20H27F3N6O3/c1-19(2,3)17-24-9-12-11-32-7-6-27(12)14-8-16(31)28-5-4-13(20(21,22)23)29(18(28)25-14)10-15(30)26-17/h8,12-13H,4-7,9-11H2,1-3H3,(H,24,26,30)/t12-,13+/m1/s1. The molecule has 1 aromatic heterocycles. The molecule has 0 spiro atoms. The molecule has 4 heterocycles. The zero-order valence-corrected chi connectivity index (χ0v) is 18.3. The first-order chi connectivity index (χ1) is 14.9. The van der Waals surface area contributed by atoms with E-state index in [1.54, 1.807) is 0 Å². The first kappa shape index (κ1) is 22.6. The molecule has 1 N–H and O–H groups in total. The molecule has 1 aromatic rings. The first-order valence-corrected chi connectivity index (χ1v) is 10.6. The zero-order chi connectivity index (χ0) is 23.3. The number of amidine groups is 1. The molecule has 0 aromatic carbocycles. The van der Waals surface area contributed by atoms with Crippen LogP contribution in [0.3, 0.4) is 0 Å². The van der Waals surface area contributed by atoms with Gasteiger partial charge in [0, 0.05) is 24.6 Å². The third-order valence-electron chi connectivity index (χ3n) is 5.80. The van der Waals surface area contributed by atoms with Crippen molar-refractivity contribution in [3.8, 4) is 0 Å². The van der Waals surface area contributed by atoms with Crippen LogP contribution in [-0.4, -0.2) is 77.5 Å². The van der Waals surface area contributed by atoms with Gasteiger partial charge in [0.25, 0.3) is 5.56 Å². The van der Waals surface area contributed by atoms with Gasteiger partial charge in [-0.2, -0.15) is 18.2 Å². The fraction of sp³-hybridized carbons (Fsp3) is 0.700. The van der Waals surface area contributed by atoms with E-state index in [-0.39, 0.29) is 37.3 Å². The molecule has 3 aliphatic heterocycles. The number of aliphatic hydroxyl groups excluding tert-OH is 1. The monoisotopic (exact) mass is 456 g/mol. The summed E-state index contributed by atoms with van der Waals surface area (Å²) in [5.74, 6) is -0.0243. The van der Waals surface area contributed by atoms with Gasteiger partial charge in [-0.1, -0.05) is 20.8 Å². The maximum atomic E-state index is 13.9. The minimum Gasteiger partial charge on any atom is -0.495 e. The first-order valence-electron chi connectivity index (χ1n) is 10.6. The van der Waals surface area contributed by atoms with Crippen molar-refractivity contribution < 1.29 is 23.0 Å². The molecular weight excluding hydrogens is 429 g/mol. The van der Waals surface area contributed by atoms with Gasteiger partial charge in [0.1, 0.15) is 17.7 Å². The van der Waals surface area contributed by atoms with Crippen molar-refractivity contribution in [2.24, 2.45) is 15.4 Å². The molecule has 3 aliphatic rings. The van der Waals surface area contributed by atoms with Gasteiger partial charge in [0.15, 0.2) is 0 Å². The number of hydrogen-bond acceptors (Lipinski definition) is 7. The Morgan fingerprint density at radius 3 is 2.62 bits per heavy atom. The van der Waals surface area contributed by atoms with E-state index in [9.17, 15) is 23.1 Å². The highest BCUT2D eigenvalue weighted by molar-refractivity contribution is 5.98. The van der Waals surface area contributed by atoms with Gasteiger partial charge in [-0.15, -0.1) is 0 Å². The summed E-state index contributed by atoms with van der Waals surface area (Å²) in [5, 5.41) is 10.6. The van der Waals surface area contributed by atoms with Crippen LogP contribution < -0.4 is 15.4 Å². The lowest BCUT2D eigenvalue weighted by Gasteiger charge is -2.40. The Morgan fingerprint density at radius 2 is 1.94 bits per heavy atom. The van der Waals surface area contributed by atoms with Crippen molar-refractivity contribution in [1.82, 2.24) is 9.55 Å². The van der Waals surface area contributed by atoms with Gasteiger partial charge in [-0.25, -0.2) is 4.99 Å². The Labute approximate surface area is 183 Å². The van der Waals surface area contributed by atoms with E-state index in [4.69, 9.17) is 4.74 Å². The molecule has 2 atom stereocenters. The van der Waals surface area contributed by atoms with Crippen LogP contribution in [0.15, 0.2) is 20.8 Å². The Hall–Kier alpha value is -2.63. The number of anilines is 2. The largest absolute Gasteiger partial charge is 0.495 e. The third-order valence-corrected chi connectivity index (χ3v) is 5.80. The van der Waals surface area contributed by atoms with E-state index in [0.717, 1.165) is 4.90 Å². The lowest BCUT2D eigenvalue weighted by Crippen LogP contribution is -2.55. The molecule has 32 heavy (non-hydrogen) atoms. The van der Waals surface area contributed by atoms with Crippen molar-refractivity contribution in [3.05, 3.63) is 16.4 Å². The number of alkyl halides is 3.